The highest BCUT2D eigenvalue weighted by Crippen LogP contribution is 2.25. The third-order valence-corrected chi connectivity index (χ3v) is 5.94. The summed E-state index contributed by atoms with van der Waals surface area (Å²) in [4.78, 5) is 0.195. The molecule has 1 heterocycles. The first kappa shape index (κ1) is 19.1. The SMILES string of the molecule is Cc1nn(C)c(C)c1NS(=O)(=O)c1ccc(-c2cccc(CCO)c2)cc1. The van der Waals surface area contributed by atoms with E-state index in [2.05, 4.69) is 9.82 Å². The van der Waals surface area contributed by atoms with Crippen molar-refractivity contribution < 1.29 is 13.5 Å². The van der Waals surface area contributed by atoms with Gasteiger partial charge in [-0.2, -0.15) is 5.10 Å². The summed E-state index contributed by atoms with van der Waals surface area (Å²) >= 11 is 0. The topological polar surface area (TPSA) is 84.2 Å². The Labute approximate surface area is 159 Å². The van der Waals surface area contributed by atoms with Crippen molar-refractivity contribution in [2.45, 2.75) is 25.2 Å². The van der Waals surface area contributed by atoms with Crippen LogP contribution in [0.15, 0.2) is 53.4 Å². The molecular weight excluding hydrogens is 362 g/mol. The van der Waals surface area contributed by atoms with E-state index in [0.29, 0.717) is 17.8 Å². The fourth-order valence-corrected chi connectivity index (χ4v) is 4.15. The number of benzene rings is 2. The molecule has 3 aromatic rings. The average Bonchev–Trinajstić information content (AvgIpc) is 2.88. The molecule has 0 fully saturated rings. The summed E-state index contributed by atoms with van der Waals surface area (Å²) < 4.78 is 29.7. The van der Waals surface area contributed by atoms with Crippen molar-refractivity contribution in [1.82, 2.24) is 9.78 Å². The highest BCUT2D eigenvalue weighted by atomic mass is 32.2. The summed E-state index contributed by atoms with van der Waals surface area (Å²) in [5.74, 6) is 0. The lowest BCUT2D eigenvalue weighted by atomic mass is 10.0. The Hall–Kier alpha value is -2.64. The van der Waals surface area contributed by atoms with Crippen molar-refractivity contribution in [3.8, 4) is 11.1 Å². The van der Waals surface area contributed by atoms with Gasteiger partial charge < -0.3 is 5.11 Å². The molecule has 0 aliphatic heterocycles. The molecule has 0 radical (unpaired) electrons. The minimum Gasteiger partial charge on any atom is -0.396 e. The minimum atomic E-state index is -3.70. The molecule has 0 unspecified atom stereocenters. The number of nitrogens with one attached hydrogen (secondary N) is 1. The molecule has 6 nitrogen and oxygen atoms in total. The summed E-state index contributed by atoms with van der Waals surface area (Å²) in [5.41, 5.74) is 4.85. The predicted molar refractivity (Wildman–Crippen MR) is 106 cm³/mol. The monoisotopic (exact) mass is 385 g/mol. The molecule has 142 valence electrons. The number of hydrogen-bond acceptors (Lipinski definition) is 4. The van der Waals surface area contributed by atoms with Gasteiger partial charge in [-0.25, -0.2) is 8.42 Å². The van der Waals surface area contributed by atoms with Crippen LogP contribution in [0.1, 0.15) is 17.0 Å². The van der Waals surface area contributed by atoms with E-state index in [1.165, 1.54) is 0 Å². The Bertz CT molecular complexity index is 1050. The Kier molecular flexibility index (Phi) is 5.34. The largest absolute Gasteiger partial charge is 0.396 e. The predicted octanol–water partition coefficient (Wildman–Crippen LogP) is 3.04. The van der Waals surface area contributed by atoms with Crippen molar-refractivity contribution in [3.05, 3.63) is 65.5 Å². The standard InChI is InChI=1S/C20H23N3O3S/c1-14-20(15(2)23(3)21-14)22-27(25,26)19-9-7-17(8-10-19)18-6-4-5-16(13-18)11-12-24/h4-10,13,22,24H,11-12H2,1-3H3. The minimum absolute atomic E-state index is 0.0967. The Morgan fingerprint density at radius 2 is 1.78 bits per heavy atom. The first-order chi connectivity index (χ1) is 12.8. The zero-order chi connectivity index (χ0) is 19.6. The van der Waals surface area contributed by atoms with Crippen molar-refractivity contribution in [2.24, 2.45) is 7.05 Å². The molecule has 2 N–H and O–H groups in total. The molecule has 0 aliphatic rings. The maximum absolute atomic E-state index is 12.7. The molecule has 0 bridgehead atoms. The third-order valence-electron chi connectivity index (χ3n) is 4.57. The van der Waals surface area contributed by atoms with Crippen LogP contribution in [0.2, 0.25) is 0 Å². The highest BCUT2D eigenvalue weighted by Gasteiger charge is 2.19. The van der Waals surface area contributed by atoms with E-state index in [0.717, 1.165) is 22.4 Å². The van der Waals surface area contributed by atoms with Gasteiger partial charge in [0.25, 0.3) is 10.0 Å². The number of rotatable bonds is 6. The van der Waals surface area contributed by atoms with Gasteiger partial charge in [0.1, 0.15) is 0 Å². The van der Waals surface area contributed by atoms with E-state index >= 15 is 0 Å². The molecule has 0 saturated heterocycles. The van der Waals surface area contributed by atoms with Gasteiger partial charge in [-0.15, -0.1) is 0 Å². The Morgan fingerprint density at radius 3 is 2.37 bits per heavy atom. The first-order valence-electron chi connectivity index (χ1n) is 8.65. The van der Waals surface area contributed by atoms with Gasteiger partial charge in [0, 0.05) is 13.7 Å². The molecule has 0 aliphatic carbocycles. The van der Waals surface area contributed by atoms with E-state index in [4.69, 9.17) is 5.11 Å². The fourth-order valence-electron chi connectivity index (χ4n) is 2.98. The van der Waals surface area contributed by atoms with Crippen LogP contribution < -0.4 is 4.72 Å². The van der Waals surface area contributed by atoms with Crippen LogP contribution >= 0.6 is 0 Å². The molecule has 3 rings (SSSR count). The van der Waals surface area contributed by atoms with Crippen LogP contribution in [-0.2, 0) is 23.5 Å². The normalized spacial score (nSPS) is 11.6. The Morgan fingerprint density at radius 1 is 1.07 bits per heavy atom. The van der Waals surface area contributed by atoms with E-state index in [-0.39, 0.29) is 11.5 Å². The number of aromatic nitrogens is 2. The van der Waals surface area contributed by atoms with Gasteiger partial charge in [-0.1, -0.05) is 36.4 Å². The molecule has 0 spiro atoms. The smallest absolute Gasteiger partial charge is 0.262 e. The lowest BCUT2D eigenvalue weighted by Crippen LogP contribution is -2.14. The number of anilines is 1. The number of nitrogens with zero attached hydrogens (tertiary/aromatic N) is 2. The second-order valence-electron chi connectivity index (χ2n) is 6.47. The Balaban J connectivity index is 1.87. The fraction of sp³-hybridized carbons (Fsp3) is 0.250. The second-order valence-corrected chi connectivity index (χ2v) is 8.16. The highest BCUT2D eigenvalue weighted by molar-refractivity contribution is 7.92. The molecule has 1 aromatic heterocycles. The molecule has 7 heteroatoms. The number of sulfonamides is 1. The van der Waals surface area contributed by atoms with Gasteiger partial charge in [0.2, 0.25) is 0 Å². The van der Waals surface area contributed by atoms with Gasteiger partial charge in [0.05, 0.1) is 22.0 Å². The van der Waals surface area contributed by atoms with E-state index in [1.807, 2.05) is 31.2 Å². The summed E-state index contributed by atoms with van der Waals surface area (Å²) in [7, 11) is -1.92. The van der Waals surface area contributed by atoms with Crippen LogP contribution in [0, 0.1) is 13.8 Å². The van der Waals surface area contributed by atoms with Gasteiger partial charge in [0.15, 0.2) is 0 Å². The number of aliphatic hydroxyl groups is 1. The van der Waals surface area contributed by atoms with Crippen LogP contribution in [-0.4, -0.2) is 29.9 Å². The summed E-state index contributed by atoms with van der Waals surface area (Å²) in [6.07, 6.45) is 0.591. The van der Waals surface area contributed by atoms with Gasteiger partial charge in [-0.3, -0.25) is 9.40 Å². The lowest BCUT2D eigenvalue weighted by Gasteiger charge is -2.10. The quantitative estimate of drug-likeness (QED) is 0.683. The zero-order valence-corrected chi connectivity index (χ0v) is 16.4. The molecule has 0 atom stereocenters. The lowest BCUT2D eigenvalue weighted by molar-refractivity contribution is 0.299. The molecule has 27 heavy (non-hydrogen) atoms. The molecular formula is C20H23N3O3S. The van der Waals surface area contributed by atoms with Gasteiger partial charge in [-0.05, 0) is 49.1 Å². The van der Waals surface area contributed by atoms with Crippen molar-refractivity contribution in [1.29, 1.82) is 0 Å². The van der Waals surface area contributed by atoms with Crippen LogP contribution in [0.3, 0.4) is 0 Å². The summed E-state index contributed by atoms with van der Waals surface area (Å²) in [6.45, 7) is 3.69. The van der Waals surface area contributed by atoms with Crippen LogP contribution in [0.25, 0.3) is 11.1 Å². The van der Waals surface area contributed by atoms with E-state index < -0.39 is 10.0 Å². The third kappa shape index (κ3) is 4.04. The van der Waals surface area contributed by atoms with Crippen molar-refractivity contribution >= 4 is 15.7 Å². The maximum atomic E-state index is 12.7. The first-order valence-corrected chi connectivity index (χ1v) is 10.1. The van der Waals surface area contributed by atoms with Gasteiger partial charge >= 0.3 is 0 Å². The van der Waals surface area contributed by atoms with Crippen molar-refractivity contribution in [3.63, 3.8) is 0 Å². The van der Waals surface area contributed by atoms with E-state index in [1.54, 1.807) is 42.9 Å². The number of aryl methyl sites for hydroxylation is 2. The van der Waals surface area contributed by atoms with Crippen molar-refractivity contribution in [2.75, 3.05) is 11.3 Å². The summed E-state index contributed by atoms with van der Waals surface area (Å²) in [6, 6.07) is 14.6. The number of aliphatic hydroxyl groups excluding tert-OH is 1. The number of hydrogen-bond donors (Lipinski definition) is 2. The molecule has 2 aromatic carbocycles. The summed E-state index contributed by atoms with van der Waals surface area (Å²) in [5, 5.41) is 13.3. The van der Waals surface area contributed by atoms with E-state index in [9.17, 15) is 8.42 Å². The molecule has 0 saturated carbocycles. The van der Waals surface area contributed by atoms with Crippen LogP contribution in [0.5, 0.6) is 0 Å². The maximum Gasteiger partial charge on any atom is 0.262 e. The molecule has 0 amide bonds. The van der Waals surface area contributed by atoms with Crippen LogP contribution in [0.4, 0.5) is 5.69 Å². The average molecular weight is 385 g/mol. The second kappa shape index (κ2) is 7.54. The zero-order valence-electron chi connectivity index (χ0n) is 15.6.